The van der Waals surface area contributed by atoms with Crippen LogP contribution in [0.1, 0.15) is 21.6 Å². The van der Waals surface area contributed by atoms with Gasteiger partial charge in [0.2, 0.25) is 0 Å². The molecule has 0 unspecified atom stereocenters. The van der Waals surface area contributed by atoms with E-state index in [9.17, 15) is 4.79 Å². The predicted molar refractivity (Wildman–Crippen MR) is 64.4 cm³/mol. The number of hydrogen-bond donors (Lipinski definition) is 0. The van der Waals surface area contributed by atoms with Crippen molar-refractivity contribution < 1.29 is 9.53 Å². The summed E-state index contributed by atoms with van der Waals surface area (Å²) in [6.45, 7) is 1.98. The molecule has 90 valence electrons. The fourth-order valence-electron chi connectivity index (χ4n) is 1.53. The number of carbonyl (C=O) groups is 1. The fraction of sp³-hybridized carbons (Fsp3) is 0.154. The third kappa shape index (κ3) is 2.09. The summed E-state index contributed by atoms with van der Waals surface area (Å²) < 4.78 is 6.07. The van der Waals surface area contributed by atoms with E-state index in [1.807, 2.05) is 37.3 Å². The van der Waals surface area contributed by atoms with Crippen molar-refractivity contribution >= 4 is 5.97 Å². The Hall–Kier alpha value is -2.61. The summed E-state index contributed by atoms with van der Waals surface area (Å²) >= 11 is 0. The Balaban J connectivity index is 2.48. The van der Waals surface area contributed by atoms with Gasteiger partial charge in [-0.25, -0.2) is 9.48 Å². The lowest BCUT2D eigenvalue weighted by atomic mass is 10.2. The molecule has 5 nitrogen and oxygen atoms in total. The van der Waals surface area contributed by atoms with Crippen molar-refractivity contribution in [2.45, 2.75) is 6.92 Å². The van der Waals surface area contributed by atoms with Crippen LogP contribution in [0, 0.1) is 18.3 Å². The van der Waals surface area contributed by atoms with Gasteiger partial charge in [-0.3, -0.25) is 0 Å². The molecule has 18 heavy (non-hydrogen) atoms. The first-order valence-corrected chi connectivity index (χ1v) is 5.31. The van der Waals surface area contributed by atoms with Gasteiger partial charge in [0.15, 0.2) is 5.69 Å². The minimum absolute atomic E-state index is 0.0283. The second-order valence-electron chi connectivity index (χ2n) is 3.77. The first kappa shape index (κ1) is 11.9. The largest absolute Gasteiger partial charge is 0.464 e. The molecule has 2 rings (SSSR count). The maximum Gasteiger partial charge on any atom is 0.359 e. The first-order chi connectivity index (χ1) is 8.65. The number of hydrogen-bond acceptors (Lipinski definition) is 4. The third-order valence-corrected chi connectivity index (χ3v) is 2.51. The van der Waals surface area contributed by atoms with Crippen molar-refractivity contribution in [2.75, 3.05) is 7.11 Å². The molecule has 0 fully saturated rings. The van der Waals surface area contributed by atoms with Gasteiger partial charge in [-0.2, -0.15) is 10.4 Å². The van der Waals surface area contributed by atoms with Crippen molar-refractivity contribution in [1.82, 2.24) is 9.78 Å². The van der Waals surface area contributed by atoms with E-state index in [0.717, 1.165) is 11.3 Å². The van der Waals surface area contributed by atoms with Gasteiger partial charge in [-0.05, 0) is 19.1 Å². The second-order valence-corrected chi connectivity index (χ2v) is 3.77. The Labute approximate surface area is 104 Å². The summed E-state index contributed by atoms with van der Waals surface area (Å²) in [6, 6.07) is 9.52. The van der Waals surface area contributed by atoms with Gasteiger partial charge in [-0.1, -0.05) is 17.7 Å². The molecule has 0 N–H and O–H groups in total. The Morgan fingerprint density at radius 3 is 2.61 bits per heavy atom. The number of nitrogens with zero attached hydrogens (tertiary/aromatic N) is 3. The molecular weight excluding hydrogens is 230 g/mol. The molecule has 0 saturated heterocycles. The molecule has 0 aliphatic heterocycles. The second kappa shape index (κ2) is 4.72. The number of benzene rings is 1. The summed E-state index contributed by atoms with van der Waals surface area (Å²) in [5.41, 5.74) is 2.13. The molecule has 0 spiro atoms. The normalized spacial score (nSPS) is 9.83. The highest BCUT2D eigenvalue weighted by molar-refractivity contribution is 5.89. The van der Waals surface area contributed by atoms with Crippen molar-refractivity contribution in [3.8, 4) is 11.8 Å². The number of methoxy groups -OCH3 is 1. The van der Waals surface area contributed by atoms with Crippen LogP contribution in [0.2, 0.25) is 0 Å². The highest BCUT2D eigenvalue weighted by atomic mass is 16.5. The average molecular weight is 241 g/mol. The number of ether oxygens (including phenoxy) is 1. The molecule has 0 radical (unpaired) electrons. The van der Waals surface area contributed by atoms with Crippen LogP contribution in [-0.4, -0.2) is 22.9 Å². The van der Waals surface area contributed by atoms with Crippen LogP contribution in [0.15, 0.2) is 30.5 Å². The Morgan fingerprint density at radius 2 is 2.06 bits per heavy atom. The average Bonchev–Trinajstić information content (AvgIpc) is 2.82. The topological polar surface area (TPSA) is 67.9 Å². The van der Waals surface area contributed by atoms with Crippen molar-refractivity contribution in [2.24, 2.45) is 0 Å². The molecule has 5 heteroatoms. The van der Waals surface area contributed by atoms with Crippen LogP contribution >= 0.6 is 0 Å². The molecule has 1 heterocycles. The smallest absolute Gasteiger partial charge is 0.359 e. The lowest BCUT2D eigenvalue weighted by Gasteiger charge is -2.00. The summed E-state index contributed by atoms with van der Waals surface area (Å²) in [5, 5.41) is 13.0. The number of rotatable bonds is 2. The maximum atomic E-state index is 11.4. The minimum atomic E-state index is -0.614. The van der Waals surface area contributed by atoms with E-state index < -0.39 is 5.97 Å². The van der Waals surface area contributed by atoms with E-state index in [0.29, 0.717) is 0 Å². The SMILES string of the molecule is COC(=O)c1nn(-c2ccc(C)cc2)cc1C#N. The van der Waals surface area contributed by atoms with Gasteiger partial charge in [0.25, 0.3) is 0 Å². The van der Waals surface area contributed by atoms with Gasteiger partial charge in [0.1, 0.15) is 11.6 Å². The first-order valence-electron chi connectivity index (χ1n) is 5.31. The standard InChI is InChI=1S/C13H11N3O2/c1-9-3-5-11(6-4-9)16-8-10(7-14)12(15-16)13(17)18-2/h3-6,8H,1-2H3. The quantitative estimate of drug-likeness (QED) is 0.752. The molecular formula is C13H11N3O2. The van der Waals surface area contributed by atoms with Crippen molar-refractivity contribution in [3.63, 3.8) is 0 Å². The monoisotopic (exact) mass is 241 g/mol. The van der Waals surface area contributed by atoms with Gasteiger partial charge in [-0.15, -0.1) is 0 Å². The van der Waals surface area contributed by atoms with Crippen molar-refractivity contribution in [3.05, 3.63) is 47.3 Å². The van der Waals surface area contributed by atoms with Crippen LogP contribution in [0.4, 0.5) is 0 Å². The van der Waals surface area contributed by atoms with Crippen LogP contribution < -0.4 is 0 Å². The highest BCUT2D eigenvalue weighted by Gasteiger charge is 2.17. The van der Waals surface area contributed by atoms with E-state index in [1.165, 1.54) is 18.0 Å². The zero-order chi connectivity index (χ0) is 13.1. The van der Waals surface area contributed by atoms with Crippen LogP contribution in [0.3, 0.4) is 0 Å². The molecule has 1 aromatic heterocycles. The predicted octanol–water partition coefficient (Wildman–Crippen LogP) is 1.84. The van der Waals surface area contributed by atoms with Crippen LogP contribution in [0.25, 0.3) is 5.69 Å². The molecule has 0 atom stereocenters. The molecule has 0 aliphatic rings. The molecule has 2 aromatic rings. The lowest BCUT2D eigenvalue weighted by Crippen LogP contribution is -2.05. The van der Waals surface area contributed by atoms with E-state index in [2.05, 4.69) is 9.84 Å². The number of aromatic nitrogens is 2. The molecule has 0 amide bonds. The van der Waals surface area contributed by atoms with Crippen LogP contribution in [-0.2, 0) is 4.74 Å². The Bertz CT molecular complexity index is 621. The van der Waals surface area contributed by atoms with Crippen LogP contribution in [0.5, 0.6) is 0 Å². The summed E-state index contributed by atoms with van der Waals surface area (Å²) in [5.74, 6) is -0.614. The third-order valence-electron chi connectivity index (χ3n) is 2.51. The zero-order valence-corrected chi connectivity index (χ0v) is 10.0. The number of esters is 1. The number of carbonyl (C=O) groups excluding carboxylic acids is 1. The molecule has 1 aromatic carbocycles. The van der Waals surface area contributed by atoms with E-state index in [-0.39, 0.29) is 11.3 Å². The van der Waals surface area contributed by atoms with E-state index in [1.54, 1.807) is 0 Å². The molecule has 0 saturated carbocycles. The van der Waals surface area contributed by atoms with E-state index in [4.69, 9.17) is 5.26 Å². The number of nitriles is 1. The van der Waals surface area contributed by atoms with Gasteiger partial charge in [0.05, 0.1) is 12.8 Å². The van der Waals surface area contributed by atoms with E-state index >= 15 is 0 Å². The van der Waals surface area contributed by atoms with Crippen molar-refractivity contribution in [1.29, 1.82) is 5.26 Å². The van der Waals surface area contributed by atoms with Gasteiger partial charge in [0, 0.05) is 6.20 Å². The summed E-state index contributed by atoms with van der Waals surface area (Å²) in [7, 11) is 1.26. The van der Waals surface area contributed by atoms with Gasteiger partial charge >= 0.3 is 5.97 Å². The summed E-state index contributed by atoms with van der Waals surface area (Å²) in [6.07, 6.45) is 1.51. The maximum absolute atomic E-state index is 11.4. The Kier molecular flexibility index (Phi) is 3.11. The van der Waals surface area contributed by atoms with Gasteiger partial charge < -0.3 is 4.74 Å². The minimum Gasteiger partial charge on any atom is -0.464 e. The number of aryl methyl sites for hydroxylation is 1. The summed E-state index contributed by atoms with van der Waals surface area (Å²) in [4.78, 5) is 11.4. The Morgan fingerprint density at radius 1 is 1.39 bits per heavy atom. The lowest BCUT2D eigenvalue weighted by molar-refractivity contribution is 0.0593. The molecule has 0 bridgehead atoms. The highest BCUT2D eigenvalue weighted by Crippen LogP contribution is 2.13. The molecule has 0 aliphatic carbocycles. The fourth-order valence-corrected chi connectivity index (χ4v) is 1.53. The zero-order valence-electron chi connectivity index (χ0n) is 10.0.